The standard InChI is InChI=1S/C19H18N4O4S3/c1-12-8-30-18(21-12)6-16(24)22-23-17(25)7-27-19(26)14-4-2-3-5-15(14)29-10-13-9-28-11-20-13/h2-5,8-9,11H,6-7,10H2,1H3,(H,22,24)(H,23,25). The van der Waals surface area contributed by atoms with Gasteiger partial charge in [-0.3, -0.25) is 20.4 Å². The molecule has 0 fully saturated rings. The van der Waals surface area contributed by atoms with Crippen molar-refractivity contribution in [2.75, 3.05) is 6.61 Å². The first-order chi connectivity index (χ1) is 14.5. The van der Waals surface area contributed by atoms with Gasteiger partial charge in [0.2, 0.25) is 5.91 Å². The number of ether oxygens (including phenoxy) is 1. The smallest absolute Gasteiger partial charge is 0.339 e. The van der Waals surface area contributed by atoms with Gasteiger partial charge in [-0.05, 0) is 19.1 Å². The number of amides is 2. The fourth-order valence-corrected chi connectivity index (χ4v) is 4.65. The lowest BCUT2D eigenvalue weighted by Gasteiger charge is -2.10. The Morgan fingerprint density at radius 1 is 1.13 bits per heavy atom. The number of aryl methyl sites for hydroxylation is 1. The van der Waals surface area contributed by atoms with Gasteiger partial charge in [-0.25, -0.2) is 14.8 Å². The van der Waals surface area contributed by atoms with Gasteiger partial charge < -0.3 is 4.74 Å². The van der Waals surface area contributed by atoms with Gasteiger partial charge in [0.15, 0.2) is 6.61 Å². The molecule has 11 heteroatoms. The topological polar surface area (TPSA) is 110 Å². The van der Waals surface area contributed by atoms with E-state index >= 15 is 0 Å². The highest BCUT2D eigenvalue weighted by Crippen LogP contribution is 2.26. The van der Waals surface area contributed by atoms with E-state index < -0.39 is 24.4 Å². The third kappa shape index (κ3) is 6.65. The van der Waals surface area contributed by atoms with E-state index in [1.165, 1.54) is 34.4 Å². The Morgan fingerprint density at radius 2 is 1.93 bits per heavy atom. The lowest BCUT2D eigenvalue weighted by atomic mass is 10.2. The molecule has 0 saturated heterocycles. The Kier molecular flexibility index (Phi) is 7.94. The number of hydrogen-bond donors (Lipinski definition) is 2. The van der Waals surface area contributed by atoms with Crippen LogP contribution in [0.5, 0.6) is 0 Å². The predicted octanol–water partition coefficient (Wildman–Crippen LogP) is 2.75. The van der Waals surface area contributed by atoms with Crippen LogP contribution in [0.3, 0.4) is 0 Å². The molecule has 2 amide bonds. The number of benzene rings is 1. The molecular formula is C19H18N4O4S3. The lowest BCUT2D eigenvalue weighted by molar-refractivity contribution is -0.130. The van der Waals surface area contributed by atoms with Crippen molar-refractivity contribution in [3.63, 3.8) is 0 Å². The van der Waals surface area contributed by atoms with E-state index in [2.05, 4.69) is 20.8 Å². The third-order valence-electron chi connectivity index (χ3n) is 3.62. The van der Waals surface area contributed by atoms with Crippen molar-refractivity contribution >= 4 is 52.2 Å². The van der Waals surface area contributed by atoms with Gasteiger partial charge in [-0.2, -0.15) is 0 Å². The first-order valence-corrected chi connectivity index (χ1v) is 11.6. The van der Waals surface area contributed by atoms with E-state index in [1.54, 1.807) is 17.6 Å². The number of esters is 1. The maximum atomic E-state index is 12.4. The summed E-state index contributed by atoms with van der Waals surface area (Å²) in [6.45, 7) is 1.32. The van der Waals surface area contributed by atoms with Crippen molar-refractivity contribution in [2.45, 2.75) is 24.0 Å². The van der Waals surface area contributed by atoms with E-state index in [9.17, 15) is 14.4 Å². The van der Waals surface area contributed by atoms with E-state index in [0.29, 0.717) is 16.3 Å². The van der Waals surface area contributed by atoms with Crippen molar-refractivity contribution in [1.29, 1.82) is 0 Å². The monoisotopic (exact) mass is 462 g/mol. The molecule has 2 heterocycles. The molecular weight excluding hydrogens is 444 g/mol. The van der Waals surface area contributed by atoms with Crippen LogP contribution in [0.1, 0.15) is 26.8 Å². The van der Waals surface area contributed by atoms with Crippen molar-refractivity contribution in [1.82, 2.24) is 20.8 Å². The molecule has 2 N–H and O–H groups in total. The first-order valence-electron chi connectivity index (χ1n) is 8.76. The highest BCUT2D eigenvalue weighted by molar-refractivity contribution is 7.98. The SMILES string of the molecule is Cc1csc(CC(=O)NNC(=O)COC(=O)c2ccccc2SCc2cscn2)n1. The molecule has 0 bridgehead atoms. The van der Waals surface area contributed by atoms with Gasteiger partial charge in [0, 0.05) is 27.1 Å². The van der Waals surface area contributed by atoms with Crippen LogP contribution in [0.25, 0.3) is 0 Å². The number of hydrogen-bond acceptors (Lipinski definition) is 9. The van der Waals surface area contributed by atoms with Crippen molar-refractivity contribution in [3.05, 3.63) is 62.5 Å². The van der Waals surface area contributed by atoms with Gasteiger partial charge in [0.25, 0.3) is 5.91 Å². The van der Waals surface area contributed by atoms with Crippen molar-refractivity contribution in [2.24, 2.45) is 0 Å². The van der Waals surface area contributed by atoms with Crippen LogP contribution >= 0.6 is 34.4 Å². The fourth-order valence-electron chi connectivity index (χ4n) is 2.27. The van der Waals surface area contributed by atoms with E-state index in [4.69, 9.17) is 4.74 Å². The quantitative estimate of drug-likeness (QED) is 0.301. The number of nitrogens with zero attached hydrogens (tertiary/aromatic N) is 2. The Morgan fingerprint density at radius 3 is 2.67 bits per heavy atom. The molecule has 3 rings (SSSR count). The summed E-state index contributed by atoms with van der Waals surface area (Å²) in [6.07, 6.45) is 0.0577. The molecule has 0 radical (unpaired) electrons. The number of rotatable bonds is 8. The van der Waals surface area contributed by atoms with Crippen molar-refractivity contribution in [3.8, 4) is 0 Å². The maximum Gasteiger partial charge on any atom is 0.339 e. The number of carbonyl (C=O) groups excluding carboxylic acids is 3. The average Bonchev–Trinajstić information content (AvgIpc) is 3.41. The zero-order valence-corrected chi connectivity index (χ0v) is 18.4. The second-order valence-electron chi connectivity index (χ2n) is 6.00. The zero-order valence-electron chi connectivity index (χ0n) is 15.9. The molecule has 0 unspecified atom stereocenters. The highest BCUT2D eigenvalue weighted by atomic mass is 32.2. The lowest BCUT2D eigenvalue weighted by Crippen LogP contribution is -2.44. The largest absolute Gasteiger partial charge is 0.452 e. The van der Waals surface area contributed by atoms with E-state index in [1.807, 2.05) is 29.8 Å². The molecule has 1 aromatic carbocycles. The number of thioether (sulfide) groups is 1. The van der Waals surface area contributed by atoms with Crippen LogP contribution in [-0.2, 0) is 26.5 Å². The van der Waals surface area contributed by atoms with Crippen LogP contribution in [0, 0.1) is 6.92 Å². The molecule has 3 aromatic rings. The third-order valence-corrected chi connectivity index (χ3v) is 6.33. The van der Waals surface area contributed by atoms with Gasteiger partial charge in [-0.1, -0.05) is 12.1 Å². The summed E-state index contributed by atoms with van der Waals surface area (Å²) in [5.41, 5.74) is 8.39. The van der Waals surface area contributed by atoms with E-state index in [-0.39, 0.29) is 6.42 Å². The predicted molar refractivity (Wildman–Crippen MR) is 115 cm³/mol. The van der Waals surface area contributed by atoms with Gasteiger partial charge in [0.1, 0.15) is 5.01 Å². The van der Waals surface area contributed by atoms with Crippen LogP contribution in [0.4, 0.5) is 0 Å². The Labute approximate surface area is 185 Å². The first kappa shape index (κ1) is 21.9. The number of thiazole rings is 2. The highest BCUT2D eigenvalue weighted by Gasteiger charge is 2.15. The average molecular weight is 463 g/mol. The number of carbonyl (C=O) groups is 3. The van der Waals surface area contributed by atoms with Gasteiger partial charge >= 0.3 is 5.97 Å². The summed E-state index contributed by atoms with van der Waals surface area (Å²) in [6, 6.07) is 7.01. The number of aromatic nitrogens is 2. The number of nitrogens with one attached hydrogen (secondary N) is 2. The van der Waals surface area contributed by atoms with Gasteiger partial charge in [-0.15, -0.1) is 34.4 Å². The molecule has 8 nitrogen and oxygen atoms in total. The number of hydrazine groups is 1. The fraction of sp³-hybridized carbons (Fsp3) is 0.211. The van der Waals surface area contributed by atoms with Crippen LogP contribution < -0.4 is 10.9 Å². The molecule has 0 aliphatic rings. The minimum absolute atomic E-state index is 0.0577. The summed E-state index contributed by atoms with van der Waals surface area (Å²) in [5.74, 6) is -1.04. The second-order valence-corrected chi connectivity index (χ2v) is 8.68. The molecule has 0 saturated carbocycles. The molecule has 0 aliphatic heterocycles. The van der Waals surface area contributed by atoms with Crippen molar-refractivity contribution < 1.29 is 19.1 Å². The summed E-state index contributed by atoms with van der Waals surface area (Å²) < 4.78 is 5.08. The Balaban J connectivity index is 1.44. The Hall–Kier alpha value is -2.76. The molecule has 0 spiro atoms. The molecule has 2 aromatic heterocycles. The summed E-state index contributed by atoms with van der Waals surface area (Å²) >= 11 is 4.34. The second kappa shape index (κ2) is 10.9. The molecule has 30 heavy (non-hydrogen) atoms. The van der Waals surface area contributed by atoms with Crippen LogP contribution in [0.15, 0.2) is 45.4 Å². The minimum atomic E-state index is -0.639. The van der Waals surface area contributed by atoms with Gasteiger partial charge in [0.05, 0.1) is 23.2 Å². The van der Waals surface area contributed by atoms with Crippen LogP contribution in [-0.4, -0.2) is 34.4 Å². The minimum Gasteiger partial charge on any atom is -0.452 e. The molecule has 0 atom stereocenters. The summed E-state index contributed by atoms with van der Waals surface area (Å²) in [4.78, 5) is 45.2. The molecule has 0 aliphatic carbocycles. The Bertz CT molecular complexity index is 1020. The summed E-state index contributed by atoms with van der Waals surface area (Å²) in [7, 11) is 0. The zero-order chi connectivity index (χ0) is 21.3. The van der Waals surface area contributed by atoms with E-state index in [0.717, 1.165) is 16.3 Å². The van der Waals surface area contributed by atoms with Crippen LogP contribution in [0.2, 0.25) is 0 Å². The maximum absolute atomic E-state index is 12.4. The normalized spacial score (nSPS) is 10.4. The summed E-state index contributed by atoms with van der Waals surface area (Å²) in [5, 5.41) is 4.44. The molecule has 156 valence electrons.